The van der Waals surface area contributed by atoms with Crippen LogP contribution in [0, 0.1) is 0 Å². The molecule has 402 valence electrons. The summed E-state index contributed by atoms with van der Waals surface area (Å²) in [6.45, 7) is 5.56. The van der Waals surface area contributed by atoms with Crippen LogP contribution in [0.15, 0.2) is 85.1 Å². The Morgan fingerprint density at radius 1 is 0.586 bits per heavy atom. The second kappa shape index (κ2) is 46.9. The highest BCUT2D eigenvalue weighted by molar-refractivity contribution is 5.80. The Labute approximate surface area is 425 Å². The van der Waals surface area contributed by atoms with Crippen molar-refractivity contribution in [1.29, 1.82) is 0 Å². The number of aliphatic hydroxyl groups excluding tert-OH is 5. The maximum atomic E-state index is 13.3. The maximum Gasteiger partial charge on any atom is 0.306 e. The van der Waals surface area contributed by atoms with Gasteiger partial charge < -0.3 is 45.1 Å². The maximum absolute atomic E-state index is 13.3. The average Bonchev–Trinajstić information content (AvgIpc) is 3.36. The van der Waals surface area contributed by atoms with Gasteiger partial charge in [0.2, 0.25) is 5.91 Å². The lowest BCUT2D eigenvalue weighted by Crippen LogP contribution is -2.61. The van der Waals surface area contributed by atoms with Crippen LogP contribution in [0.25, 0.3) is 0 Å². The van der Waals surface area contributed by atoms with Crippen molar-refractivity contribution in [2.45, 2.75) is 262 Å². The first-order valence-corrected chi connectivity index (χ1v) is 27.9. The number of amides is 1. The predicted octanol–water partition coefficient (Wildman–Crippen LogP) is 12.2. The summed E-state index contributed by atoms with van der Waals surface area (Å²) >= 11 is 0. The van der Waals surface area contributed by atoms with E-state index in [1.807, 2.05) is 48.6 Å². The van der Waals surface area contributed by atoms with Crippen LogP contribution >= 0.6 is 0 Å². The van der Waals surface area contributed by atoms with Gasteiger partial charge in [-0.1, -0.05) is 215 Å². The molecule has 6 N–H and O–H groups in total. The van der Waals surface area contributed by atoms with Crippen LogP contribution in [-0.2, 0) is 23.8 Å². The fraction of sp³-hybridized carbons (Fsp3) is 0.729. The summed E-state index contributed by atoms with van der Waals surface area (Å²) in [6.07, 6.45) is 49.2. The van der Waals surface area contributed by atoms with Gasteiger partial charge in [-0.3, -0.25) is 9.59 Å². The molecule has 1 rings (SSSR count). The molecule has 8 unspecified atom stereocenters. The van der Waals surface area contributed by atoms with E-state index < -0.39 is 67.4 Å². The molecule has 1 amide bonds. The average molecular weight is 984 g/mol. The smallest absolute Gasteiger partial charge is 0.306 e. The molecule has 0 bridgehead atoms. The number of hydrogen-bond acceptors (Lipinski definition) is 10. The quantitative estimate of drug-likeness (QED) is 0.0149. The van der Waals surface area contributed by atoms with Crippen LogP contribution in [0.2, 0.25) is 0 Å². The molecule has 1 aliphatic heterocycles. The Bertz CT molecular complexity index is 1460. The fourth-order valence-electron chi connectivity index (χ4n) is 8.16. The van der Waals surface area contributed by atoms with E-state index in [0.29, 0.717) is 12.8 Å². The van der Waals surface area contributed by atoms with Gasteiger partial charge in [0.25, 0.3) is 0 Å². The largest absolute Gasteiger partial charge is 0.454 e. The van der Waals surface area contributed by atoms with E-state index in [1.54, 1.807) is 6.08 Å². The topological polar surface area (TPSA) is 175 Å². The minimum atomic E-state index is -1.63. The second-order valence-corrected chi connectivity index (χ2v) is 19.0. The van der Waals surface area contributed by atoms with Gasteiger partial charge in [0.05, 0.1) is 25.4 Å². The van der Waals surface area contributed by atoms with Crippen LogP contribution in [-0.4, -0.2) is 99.6 Å². The van der Waals surface area contributed by atoms with Crippen molar-refractivity contribution < 1.29 is 49.3 Å². The van der Waals surface area contributed by atoms with E-state index in [2.05, 4.69) is 56.5 Å². The minimum absolute atomic E-state index is 0.106. The molecule has 0 aromatic carbocycles. The zero-order valence-electron chi connectivity index (χ0n) is 44.1. The third-order valence-corrected chi connectivity index (χ3v) is 12.6. The Kier molecular flexibility index (Phi) is 43.4. The molecule has 0 aromatic heterocycles. The Morgan fingerprint density at radius 3 is 1.69 bits per heavy atom. The van der Waals surface area contributed by atoms with Crippen molar-refractivity contribution in [3.63, 3.8) is 0 Å². The van der Waals surface area contributed by atoms with E-state index in [1.165, 1.54) is 83.5 Å². The van der Waals surface area contributed by atoms with Crippen LogP contribution in [0.3, 0.4) is 0 Å². The van der Waals surface area contributed by atoms with Gasteiger partial charge in [-0.15, -0.1) is 0 Å². The molecule has 11 heteroatoms. The van der Waals surface area contributed by atoms with Crippen molar-refractivity contribution >= 4 is 11.9 Å². The number of nitrogens with one attached hydrogen (secondary N) is 1. The Balaban J connectivity index is 2.77. The predicted molar refractivity (Wildman–Crippen MR) is 287 cm³/mol. The van der Waals surface area contributed by atoms with Crippen LogP contribution in [0.1, 0.15) is 213 Å². The SMILES string of the molecule is CC/C=C/C=C/C=C\C=C/CCCCC(O)C(=O)NC(COC1OC(CO)C(O)C(O)C1OC(=O)CCCCCCCCC/C=C\C/C=C\CCCCC)C(O)/C=C/CCCCCCCCCCCC. The summed E-state index contributed by atoms with van der Waals surface area (Å²) in [5.74, 6) is -1.25. The van der Waals surface area contributed by atoms with Crippen molar-refractivity contribution in [3.05, 3.63) is 85.1 Å². The van der Waals surface area contributed by atoms with E-state index in [9.17, 15) is 35.1 Å². The second-order valence-electron chi connectivity index (χ2n) is 19.0. The summed E-state index contributed by atoms with van der Waals surface area (Å²) in [7, 11) is 0. The number of carbonyl (C=O) groups excluding carboxylic acids is 2. The lowest BCUT2D eigenvalue weighted by Gasteiger charge is -2.41. The van der Waals surface area contributed by atoms with E-state index in [4.69, 9.17) is 14.2 Å². The summed E-state index contributed by atoms with van der Waals surface area (Å²) in [5, 5.41) is 56.7. The van der Waals surface area contributed by atoms with Crippen LogP contribution in [0.4, 0.5) is 0 Å². The molecule has 11 nitrogen and oxygen atoms in total. The molecule has 8 atom stereocenters. The monoisotopic (exact) mass is 984 g/mol. The van der Waals surface area contributed by atoms with Gasteiger partial charge >= 0.3 is 5.97 Å². The van der Waals surface area contributed by atoms with Crippen molar-refractivity contribution in [2.75, 3.05) is 13.2 Å². The van der Waals surface area contributed by atoms with Gasteiger partial charge in [0, 0.05) is 6.42 Å². The van der Waals surface area contributed by atoms with Gasteiger partial charge in [-0.05, 0) is 77.0 Å². The molecule has 0 aromatic rings. The molecule has 1 fully saturated rings. The highest BCUT2D eigenvalue weighted by atomic mass is 16.7. The number of carbonyl (C=O) groups is 2. The van der Waals surface area contributed by atoms with E-state index in [0.717, 1.165) is 83.5 Å². The summed E-state index contributed by atoms with van der Waals surface area (Å²) in [4.78, 5) is 26.4. The standard InChI is InChI=1S/C59H101NO10/c1-4-7-10-13-16-19-22-25-26-27-28-29-32-35-38-41-44-47-54(64)70-57-56(66)55(65)53(48-61)69-59(57)68-49-50(51(62)45-42-39-36-33-30-23-20-17-14-11-8-5-2)60-58(67)52(63)46-43-40-37-34-31-24-21-18-15-12-9-6-3/h9,12,15-16,18-19,21,24-26,31,34,42,45,50-53,55-57,59,61-63,65-66H,4-8,10-11,13-14,17,20,22-23,27-30,32-33,35-41,43-44,46-49H2,1-3H3,(H,60,67)/b12-9+,18-15+,19-16-,24-21-,26-25-,34-31-,45-42+. The number of ether oxygens (including phenoxy) is 3. The minimum Gasteiger partial charge on any atom is -0.454 e. The van der Waals surface area contributed by atoms with Gasteiger partial charge in [-0.25, -0.2) is 0 Å². The Hall–Kier alpha value is -3.16. The van der Waals surface area contributed by atoms with Gasteiger partial charge in [0.1, 0.15) is 24.4 Å². The van der Waals surface area contributed by atoms with Crippen LogP contribution in [0.5, 0.6) is 0 Å². The molecule has 1 aliphatic rings. The third kappa shape index (κ3) is 35.0. The zero-order chi connectivity index (χ0) is 51.1. The summed E-state index contributed by atoms with van der Waals surface area (Å²) in [6, 6.07) is -1.05. The molecular weight excluding hydrogens is 883 g/mol. The molecule has 70 heavy (non-hydrogen) atoms. The van der Waals surface area contributed by atoms with Crippen molar-refractivity contribution in [2.24, 2.45) is 0 Å². The number of unbranched alkanes of at least 4 members (excludes halogenated alkanes) is 22. The number of hydrogen-bond donors (Lipinski definition) is 6. The summed E-state index contributed by atoms with van der Waals surface area (Å²) < 4.78 is 17.5. The lowest BCUT2D eigenvalue weighted by atomic mass is 9.99. The number of allylic oxidation sites excluding steroid dienone is 13. The number of esters is 1. The molecule has 1 heterocycles. The third-order valence-electron chi connectivity index (χ3n) is 12.6. The molecule has 0 saturated carbocycles. The van der Waals surface area contributed by atoms with Crippen LogP contribution < -0.4 is 5.32 Å². The normalized spacial score (nSPS) is 20.4. The number of rotatable bonds is 45. The van der Waals surface area contributed by atoms with Gasteiger partial charge in [0.15, 0.2) is 12.4 Å². The first-order valence-electron chi connectivity index (χ1n) is 27.9. The molecular formula is C59H101NO10. The van der Waals surface area contributed by atoms with E-state index in [-0.39, 0.29) is 19.4 Å². The highest BCUT2D eigenvalue weighted by Crippen LogP contribution is 2.26. The fourth-order valence-corrected chi connectivity index (χ4v) is 8.16. The highest BCUT2D eigenvalue weighted by Gasteiger charge is 2.47. The van der Waals surface area contributed by atoms with E-state index >= 15 is 0 Å². The lowest BCUT2D eigenvalue weighted by molar-refractivity contribution is -0.305. The van der Waals surface area contributed by atoms with Gasteiger partial charge in [-0.2, -0.15) is 0 Å². The first kappa shape index (κ1) is 64.9. The number of aliphatic hydroxyl groups is 5. The Morgan fingerprint density at radius 2 is 1.09 bits per heavy atom. The van der Waals surface area contributed by atoms with Crippen molar-refractivity contribution in [3.8, 4) is 0 Å². The molecule has 0 spiro atoms. The molecule has 0 aliphatic carbocycles. The molecule has 1 saturated heterocycles. The molecule has 0 radical (unpaired) electrons. The first-order chi connectivity index (χ1) is 34.2. The van der Waals surface area contributed by atoms with Crippen molar-refractivity contribution in [1.82, 2.24) is 5.32 Å². The summed E-state index contributed by atoms with van der Waals surface area (Å²) in [5.41, 5.74) is 0. The zero-order valence-corrected chi connectivity index (χ0v) is 44.1.